The molecule has 0 spiro atoms. The van der Waals surface area contributed by atoms with Crippen LogP contribution < -0.4 is 10.1 Å². The molecule has 3 nitrogen and oxygen atoms in total. The highest BCUT2D eigenvalue weighted by atomic mass is 79.9. The fourth-order valence-electron chi connectivity index (χ4n) is 1.76. The number of methoxy groups -OCH3 is 1. The quantitative estimate of drug-likeness (QED) is 0.839. The number of pyridine rings is 1. The summed E-state index contributed by atoms with van der Waals surface area (Å²) in [4.78, 5) is 4.48. The summed E-state index contributed by atoms with van der Waals surface area (Å²) in [6.45, 7) is 2.60. The molecule has 0 radical (unpaired) electrons. The number of benzene rings is 1. The second kappa shape index (κ2) is 6.39. The van der Waals surface area contributed by atoms with Crippen molar-refractivity contribution in [2.24, 2.45) is 0 Å². The fraction of sp³-hybridized carbons (Fsp3) is 0.214. The molecule has 0 aliphatic rings. The Morgan fingerprint density at radius 1 is 1.21 bits per heavy atom. The topological polar surface area (TPSA) is 34.1 Å². The summed E-state index contributed by atoms with van der Waals surface area (Å²) in [5.41, 5.74) is 2.91. The monoisotopic (exact) mass is 384 g/mol. The Morgan fingerprint density at radius 2 is 1.89 bits per heavy atom. The average molecular weight is 386 g/mol. The van der Waals surface area contributed by atoms with E-state index in [2.05, 4.69) is 42.2 Å². The maximum Gasteiger partial charge on any atom is 0.122 e. The molecule has 1 heterocycles. The number of aromatic nitrogens is 1. The van der Waals surface area contributed by atoms with Gasteiger partial charge in [-0.15, -0.1) is 0 Å². The van der Waals surface area contributed by atoms with Gasteiger partial charge in [0.2, 0.25) is 0 Å². The summed E-state index contributed by atoms with van der Waals surface area (Å²) in [6.07, 6.45) is 0. The summed E-state index contributed by atoms with van der Waals surface area (Å²) < 4.78 is 7.28. The minimum absolute atomic E-state index is 0.638. The summed E-state index contributed by atoms with van der Waals surface area (Å²) >= 11 is 7.05. The number of hydrogen-bond donors (Lipinski definition) is 1. The molecule has 1 N–H and O–H groups in total. The van der Waals surface area contributed by atoms with E-state index in [0.29, 0.717) is 6.54 Å². The predicted octanol–water partition coefficient (Wildman–Crippen LogP) is 4.54. The Morgan fingerprint density at radius 3 is 2.53 bits per heavy atom. The lowest BCUT2D eigenvalue weighted by molar-refractivity contribution is 0.413. The van der Waals surface area contributed by atoms with Gasteiger partial charge in [0.1, 0.15) is 5.75 Å². The van der Waals surface area contributed by atoms with Gasteiger partial charge in [-0.05, 0) is 50.9 Å². The Labute approximate surface area is 129 Å². The number of halogens is 2. The van der Waals surface area contributed by atoms with Gasteiger partial charge in [0.25, 0.3) is 0 Å². The van der Waals surface area contributed by atoms with Crippen LogP contribution in [0.5, 0.6) is 5.75 Å². The molecule has 1 aromatic carbocycles. The normalized spacial score (nSPS) is 10.3. The van der Waals surface area contributed by atoms with E-state index in [0.717, 1.165) is 31.8 Å². The lowest BCUT2D eigenvalue weighted by atomic mass is 10.2. The maximum atomic E-state index is 5.25. The van der Waals surface area contributed by atoms with Gasteiger partial charge in [-0.2, -0.15) is 0 Å². The van der Waals surface area contributed by atoms with Gasteiger partial charge in [0.15, 0.2) is 0 Å². The van der Waals surface area contributed by atoms with Crippen molar-refractivity contribution in [3.05, 3.63) is 50.7 Å². The van der Waals surface area contributed by atoms with E-state index < -0.39 is 0 Å². The van der Waals surface area contributed by atoms with Crippen molar-refractivity contribution in [1.82, 2.24) is 4.98 Å². The molecule has 100 valence electrons. The van der Waals surface area contributed by atoms with E-state index in [9.17, 15) is 0 Å². The van der Waals surface area contributed by atoms with E-state index in [4.69, 9.17) is 4.74 Å². The van der Waals surface area contributed by atoms with Gasteiger partial charge in [-0.25, -0.2) is 0 Å². The number of hydrogen-bond acceptors (Lipinski definition) is 3. The lowest BCUT2D eigenvalue weighted by Gasteiger charge is -2.11. The minimum atomic E-state index is 0.638. The van der Waals surface area contributed by atoms with Crippen LogP contribution in [0.1, 0.15) is 11.4 Å². The van der Waals surface area contributed by atoms with Crippen molar-refractivity contribution in [2.75, 3.05) is 12.4 Å². The number of para-hydroxylation sites is 1. The smallest absolute Gasteiger partial charge is 0.122 e. The molecule has 19 heavy (non-hydrogen) atoms. The molecule has 1 aromatic heterocycles. The minimum Gasteiger partial charge on any atom is -0.497 e. The predicted molar refractivity (Wildman–Crippen MR) is 84.7 cm³/mol. The van der Waals surface area contributed by atoms with Crippen LogP contribution in [0.25, 0.3) is 0 Å². The number of anilines is 1. The first-order valence-electron chi connectivity index (χ1n) is 5.79. The molecule has 0 aliphatic carbocycles. The molecule has 0 saturated carbocycles. The van der Waals surface area contributed by atoms with Gasteiger partial charge >= 0.3 is 0 Å². The first kappa shape index (κ1) is 14.3. The first-order valence-corrected chi connectivity index (χ1v) is 7.38. The number of nitrogens with one attached hydrogen (secondary N) is 1. The highest BCUT2D eigenvalue weighted by Gasteiger charge is 2.05. The van der Waals surface area contributed by atoms with E-state index in [1.54, 1.807) is 7.11 Å². The van der Waals surface area contributed by atoms with Crippen LogP contribution in [0.3, 0.4) is 0 Å². The summed E-state index contributed by atoms with van der Waals surface area (Å²) in [6, 6.07) is 9.82. The zero-order chi connectivity index (χ0) is 13.8. The van der Waals surface area contributed by atoms with E-state index in [1.807, 2.05) is 37.3 Å². The van der Waals surface area contributed by atoms with Crippen LogP contribution >= 0.6 is 31.9 Å². The van der Waals surface area contributed by atoms with Crippen LogP contribution in [0.2, 0.25) is 0 Å². The zero-order valence-electron chi connectivity index (χ0n) is 10.7. The Kier molecular flexibility index (Phi) is 4.82. The van der Waals surface area contributed by atoms with Gasteiger partial charge in [-0.1, -0.05) is 6.07 Å². The van der Waals surface area contributed by atoms with E-state index >= 15 is 0 Å². The van der Waals surface area contributed by atoms with E-state index in [-0.39, 0.29) is 0 Å². The van der Waals surface area contributed by atoms with Crippen molar-refractivity contribution in [3.8, 4) is 5.75 Å². The van der Waals surface area contributed by atoms with E-state index in [1.165, 1.54) is 0 Å². The third-order valence-electron chi connectivity index (χ3n) is 2.62. The van der Waals surface area contributed by atoms with Gasteiger partial charge in [0, 0.05) is 26.8 Å². The largest absolute Gasteiger partial charge is 0.497 e. The average Bonchev–Trinajstić information content (AvgIpc) is 2.37. The highest BCUT2D eigenvalue weighted by Crippen LogP contribution is 2.30. The van der Waals surface area contributed by atoms with Crippen LogP contribution in [0.4, 0.5) is 5.69 Å². The molecular weight excluding hydrogens is 372 g/mol. The first-order chi connectivity index (χ1) is 9.10. The van der Waals surface area contributed by atoms with Crippen molar-refractivity contribution in [1.29, 1.82) is 0 Å². The number of rotatable bonds is 4. The number of nitrogens with zero attached hydrogens (tertiary/aromatic N) is 1. The van der Waals surface area contributed by atoms with Crippen molar-refractivity contribution in [2.45, 2.75) is 13.5 Å². The Balaban J connectivity index is 2.16. The summed E-state index contributed by atoms with van der Waals surface area (Å²) in [7, 11) is 1.66. The van der Waals surface area contributed by atoms with Crippen LogP contribution in [0, 0.1) is 6.92 Å². The second-order valence-electron chi connectivity index (χ2n) is 4.09. The van der Waals surface area contributed by atoms with Gasteiger partial charge < -0.3 is 10.1 Å². The van der Waals surface area contributed by atoms with Crippen molar-refractivity contribution < 1.29 is 4.74 Å². The Bertz CT molecular complexity index is 567. The van der Waals surface area contributed by atoms with Crippen molar-refractivity contribution in [3.63, 3.8) is 0 Å². The second-order valence-corrected chi connectivity index (χ2v) is 5.80. The molecule has 2 rings (SSSR count). The highest BCUT2D eigenvalue weighted by molar-refractivity contribution is 9.11. The zero-order valence-corrected chi connectivity index (χ0v) is 13.9. The molecule has 0 atom stereocenters. The molecule has 0 fully saturated rings. The molecule has 0 saturated heterocycles. The van der Waals surface area contributed by atoms with Gasteiger partial charge in [0.05, 0.1) is 25.0 Å². The molecule has 2 aromatic rings. The molecule has 0 aliphatic heterocycles. The lowest BCUT2D eigenvalue weighted by Crippen LogP contribution is -2.04. The molecule has 0 unspecified atom stereocenters. The third kappa shape index (κ3) is 3.70. The molecular formula is C14H14Br2N2O. The summed E-state index contributed by atoms with van der Waals surface area (Å²) in [5.74, 6) is 0.829. The van der Waals surface area contributed by atoms with Crippen LogP contribution in [-0.4, -0.2) is 12.1 Å². The third-order valence-corrected chi connectivity index (χ3v) is 3.95. The SMILES string of the molecule is COc1cc(C)nc(CNc2c(Br)cccc2Br)c1. The maximum absolute atomic E-state index is 5.25. The van der Waals surface area contributed by atoms with Gasteiger partial charge in [-0.3, -0.25) is 4.98 Å². The number of ether oxygens (including phenoxy) is 1. The van der Waals surface area contributed by atoms with Crippen LogP contribution in [-0.2, 0) is 6.54 Å². The standard InChI is InChI=1S/C14H14Br2N2O/c1-9-6-11(19-2)7-10(18-9)8-17-14-12(15)4-3-5-13(14)16/h3-7,17H,8H2,1-2H3. The number of aryl methyl sites for hydroxylation is 1. The Hall–Kier alpha value is -1.07. The fourth-order valence-corrected chi connectivity index (χ4v) is 3.04. The summed E-state index contributed by atoms with van der Waals surface area (Å²) in [5, 5.41) is 3.36. The molecule has 5 heteroatoms. The molecule has 0 bridgehead atoms. The molecule has 0 amide bonds. The van der Waals surface area contributed by atoms with Crippen molar-refractivity contribution >= 4 is 37.5 Å². The van der Waals surface area contributed by atoms with Crippen LogP contribution in [0.15, 0.2) is 39.3 Å².